The lowest BCUT2D eigenvalue weighted by molar-refractivity contribution is 0.296. The second-order valence-corrected chi connectivity index (χ2v) is 7.35. The maximum Gasteiger partial charge on any atom is 0.241 e. The largest absolute Gasteiger partial charge is 0.329 e. The van der Waals surface area contributed by atoms with Gasteiger partial charge in [-0.3, -0.25) is 0 Å². The third kappa shape index (κ3) is 3.81. The van der Waals surface area contributed by atoms with E-state index in [1.807, 2.05) is 6.07 Å². The fourth-order valence-electron chi connectivity index (χ4n) is 2.87. The van der Waals surface area contributed by atoms with E-state index in [1.165, 1.54) is 6.42 Å². The number of hydrogen-bond donors (Lipinski definition) is 2. The van der Waals surface area contributed by atoms with Crippen LogP contribution in [-0.4, -0.2) is 20.5 Å². The Hall–Kier alpha value is -0.910. The summed E-state index contributed by atoms with van der Waals surface area (Å²) >= 11 is 0. The number of hydrogen-bond acceptors (Lipinski definition) is 3. The third-order valence-electron chi connectivity index (χ3n) is 4.11. The summed E-state index contributed by atoms with van der Waals surface area (Å²) in [4.78, 5) is 0.315. The number of sulfonamides is 1. The Bertz CT molecular complexity index is 506. The first-order valence-electron chi connectivity index (χ1n) is 7.37. The number of nitrogens with two attached hydrogens (primary N) is 1. The molecule has 0 saturated heterocycles. The van der Waals surface area contributed by atoms with E-state index in [-0.39, 0.29) is 0 Å². The van der Waals surface area contributed by atoms with E-state index in [0.29, 0.717) is 11.4 Å². The van der Waals surface area contributed by atoms with Gasteiger partial charge in [-0.2, -0.15) is 0 Å². The van der Waals surface area contributed by atoms with Gasteiger partial charge >= 0.3 is 0 Å². The van der Waals surface area contributed by atoms with Gasteiger partial charge in [0.1, 0.15) is 0 Å². The molecule has 1 aromatic carbocycles. The molecule has 1 aliphatic rings. The highest BCUT2D eigenvalue weighted by Crippen LogP contribution is 2.27. The summed E-state index contributed by atoms with van der Waals surface area (Å²) in [6.45, 7) is 0.360. The lowest BCUT2D eigenvalue weighted by Crippen LogP contribution is -2.53. The average molecular weight is 296 g/mol. The first kappa shape index (κ1) is 15.5. The number of benzene rings is 1. The van der Waals surface area contributed by atoms with Crippen LogP contribution < -0.4 is 10.5 Å². The molecule has 1 aliphatic carbocycles. The highest BCUT2D eigenvalue weighted by atomic mass is 32.2. The second kappa shape index (κ2) is 6.70. The van der Waals surface area contributed by atoms with Crippen LogP contribution in [0.2, 0.25) is 0 Å². The molecule has 0 spiro atoms. The molecular weight excluding hydrogens is 272 g/mol. The van der Waals surface area contributed by atoms with Crippen molar-refractivity contribution in [2.45, 2.75) is 55.4 Å². The van der Waals surface area contributed by atoms with Crippen LogP contribution in [0, 0.1) is 0 Å². The van der Waals surface area contributed by atoms with Gasteiger partial charge in [-0.25, -0.2) is 13.1 Å². The van der Waals surface area contributed by atoms with Crippen LogP contribution >= 0.6 is 0 Å². The van der Waals surface area contributed by atoms with E-state index < -0.39 is 15.6 Å². The van der Waals surface area contributed by atoms with E-state index >= 15 is 0 Å². The van der Waals surface area contributed by atoms with Crippen molar-refractivity contribution in [3.63, 3.8) is 0 Å². The highest BCUT2D eigenvalue weighted by Gasteiger charge is 2.33. The van der Waals surface area contributed by atoms with Gasteiger partial charge in [-0.15, -0.1) is 0 Å². The van der Waals surface area contributed by atoms with Crippen LogP contribution in [0.1, 0.15) is 44.9 Å². The minimum absolute atomic E-state index is 0.315. The Labute approximate surface area is 121 Å². The summed E-state index contributed by atoms with van der Waals surface area (Å²) in [7, 11) is -3.49. The molecule has 0 unspecified atom stereocenters. The van der Waals surface area contributed by atoms with Gasteiger partial charge in [0.25, 0.3) is 0 Å². The molecule has 1 saturated carbocycles. The van der Waals surface area contributed by atoms with Gasteiger partial charge in [-0.05, 0) is 25.0 Å². The Morgan fingerprint density at radius 2 is 1.55 bits per heavy atom. The van der Waals surface area contributed by atoms with Crippen molar-refractivity contribution in [2.75, 3.05) is 6.54 Å². The maximum absolute atomic E-state index is 12.5. The predicted molar refractivity (Wildman–Crippen MR) is 80.9 cm³/mol. The summed E-state index contributed by atoms with van der Waals surface area (Å²) in [5.74, 6) is 0. The minimum Gasteiger partial charge on any atom is -0.329 e. The molecule has 1 aromatic rings. The van der Waals surface area contributed by atoms with E-state index in [2.05, 4.69) is 4.72 Å². The summed E-state index contributed by atoms with van der Waals surface area (Å²) in [6, 6.07) is 8.53. The molecule has 0 atom stereocenters. The SMILES string of the molecule is NCC1(NS(=O)(=O)c2ccccc2)CCCCCCC1. The molecular formula is C15H24N2O2S. The molecule has 0 heterocycles. The normalized spacial score (nSPS) is 20.1. The van der Waals surface area contributed by atoms with E-state index in [4.69, 9.17) is 5.73 Å². The lowest BCUT2D eigenvalue weighted by Gasteiger charge is -2.35. The first-order chi connectivity index (χ1) is 9.58. The minimum atomic E-state index is -3.49. The first-order valence-corrected chi connectivity index (χ1v) is 8.85. The zero-order valence-electron chi connectivity index (χ0n) is 11.8. The fraction of sp³-hybridized carbons (Fsp3) is 0.600. The van der Waals surface area contributed by atoms with Crippen molar-refractivity contribution in [1.29, 1.82) is 0 Å². The maximum atomic E-state index is 12.5. The van der Waals surface area contributed by atoms with Crippen LogP contribution in [-0.2, 0) is 10.0 Å². The van der Waals surface area contributed by atoms with Crippen molar-refractivity contribution >= 4 is 10.0 Å². The molecule has 20 heavy (non-hydrogen) atoms. The molecule has 4 nitrogen and oxygen atoms in total. The molecule has 5 heteroatoms. The van der Waals surface area contributed by atoms with Crippen molar-refractivity contribution in [3.8, 4) is 0 Å². The van der Waals surface area contributed by atoms with Crippen LogP contribution in [0.15, 0.2) is 35.2 Å². The summed E-state index contributed by atoms with van der Waals surface area (Å²) in [5, 5.41) is 0. The van der Waals surface area contributed by atoms with Crippen molar-refractivity contribution in [1.82, 2.24) is 4.72 Å². The lowest BCUT2D eigenvalue weighted by atomic mass is 9.85. The van der Waals surface area contributed by atoms with Crippen molar-refractivity contribution in [3.05, 3.63) is 30.3 Å². The highest BCUT2D eigenvalue weighted by molar-refractivity contribution is 7.89. The van der Waals surface area contributed by atoms with Gasteiger partial charge in [0.05, 0.1) is 4.90 Å². The van der Waals surface area contributed by atoms with Gasteiger partial charge in [-0.1, -0.05) is 50.3 Å². The Morgan fingerprint density at radius 3 is 2.10 bits per heavy atom. The Kier molecular flexibility index (Phi) is 5.18. The van der Waals surface area contributed by atoms with Crippen LogP contribution in [0.4, 0.5) is 0 Å². The monoisotopic (exact) mass is 296 g/mol. The molecule has 112 valence electrons. The zero-order valence-corrected chi connectivity index (χ0v) is 12.7. The summed E-state index contributed by atoms with van der Waals surface area (Å²) in [5.41, 5.74) is 5.44. The molecule has 3 N–H and O–H groups in total. The zero-order chi connectivity index (χ0) is 14.5. The quantitative estimate of drug-likeness (QED) is 0.896. The van der Waals surface area contributed by atoms with Gasteiger partial charge in [0, 0.05) is 12.1 Å². The van der Waals surface area contributed by atoms with Gasteiger partial charge < -0.3 is 5.73 Å². The Morgan fingerprint density at radius 1 is 1.00 bits per heavy atom. The molecule has 0 aliphatic heterocycles. The number of nitrogens with one attached hydrogen (secondary N) is 1. The second-order valence-electron chi connectivity index (χ2n) is 5.67. The van der Waals surface area contributed by atoms with Gasteiger partial charge in [0.2, 0.25) is 10.0 Å². The molecule has 0 aromatic heterocycles. The van der Waals surface area contributed by atoms with Crippen molar-refractivity contribution in [2.24, 2.45) is 5.73 Å². The molecule has 1 fully saturated rings. The van der Waals surface area contributed by atoms with Crippen LogP contribution in [0.5, 0.6) is 0 Å². The van der Waals surface area contributed by atoms with E-state index in [1.54, 1.807) is 24.3 Å². The van der Waals surface area contributed by atoms with Crippen LogP contribution in [0.3, 0.4) is 0 Å². The average Bonchev–Trinajstić information content (AvgIpc) is 2.43. The third-order valence-corrected chi connectivity index (χ3v) is 5.70. The Balaban J connectivity index is 2.19. The molecule has 2 rings (SSSR count). The standard InChI is InChI=1S/C15H24N2O2S/c16-13-15(11-7-2-1-3-8-12-15)17-20(18,19)14-9-5-4-6-10-14/h4-6,9-10,17H,1-3,7-8,11-13,16H2. The smallest absolute Gasteiger partial charge is 0.241 e. The van der Waals surface area contributed by atoms with Gasteiger partial charge in [0.15, 0.2) is 0 Å². The summed E-state index contributed by atoms with van der Waals surface area (Å²) in [6.07, 6.45) is 7.30. The van der Waals surface area contributed by atoms with E-state index in [9.17, 15) is 8.42 Å². The number of rotatable bonds is 4. The molecule has 0 amide bonds. The fourth-order valence-corrected chi connectivity index (χ4v) is 4.36. The van der Waals surface area contributed by atoms with Crippen molar-refractivity contribution < 1.29 is 8.42 Å². The van der Waals surface area contributed by atoms with E-state index in [0.717, 1.165) is 38.5 Å². The molecule has 0 radical (unpaired) electrons. The molecule has 0 bridgehead atoms. The summed E-state index contributed by atoms with van der Waals surface area (Å²) < 4.78 is 27.9. The predicted octanol–water partition coefficient (Wildman–Crippen LogP) is 2.41. The topological polar surface area (TPSA) is 72.2 Å². The van der Waals surface area contributed by atoms with Crippen LogP contribution in [0.25, 0.3) is 0 Å².